The predicted octanol–water partition coefficient (Wildman–Crippen LogP) is 2.90. The molecule has 0 saturated heterocycles. The zero-order valence-corrected chi connectivity index (χ0v) is 11.3. The monoisotopic (exact) mass is 287 g/mol. The molecule has 0 aliphatic carbocycles. The lowest BCUT2D eigenvalue weighted by atomic mass is 10.2. The second kappa shape index (κ2) is 8.14. The molecule has 18 heavy (non-hydrogen) atoms. The van der Waals surface area contributed by atoms with Crippen molar-refractivity contribution < 1.29 is 9.90 Å². The normalized spacial score (nSPS) is 10.8. The Bertz CT molecular complexity index is 433. The summed E-state index contributed by atoms with van der Waals surface area (Å²) < 4.78 is 0. The molecule has 0 aromatic heterocycles. The van der Waals surface area contributed by atoms with Gasteiger partial charge in [0.2, 0.25) is 5.91 Å². The Labute approximate surface area is 116 Å². The molecule has 5 heteroatoms. The van der Waals surface area contributed by atoms with Crippen LogP contribution in [0.4, 0.5) is 0 Å². The van der Waals surface area contributed by atoms with Crippen LogP contribution >= 0.6 is 23.2 Å². The highest BCUT2D eigenvalue weighted by molar-refractivity contribution is 6.42. The molecular weight excluding hydrogens is 273 g/mol. The van der Waals surface area contributed by atoms with Gasteiger partial charge in [0, 0.05) is 19.2 Å². The number of aliphatic hydroxyl groups excluding tert-OH is 1. The molecule has 0 bridgehead atoms. The molecule has 1 amide bonds. The fourth-order valence-electron chi connectivity index (χ4n) is 1.30. The summed E-state index contributed by atoms with van der Waals surface area (Å²) in [4.78, 5) is 11.4. The molecule has 0 aliphatic rings. The first-order valence-corrected chi connectivity index (χ1v) is 6.41. The van der Waals surface area contributed by atoms with Crippen LogP contribution in [0.3, 0.4) is 0 Å². The van der Waals surface area contributed by atoms with Gasteiger partial charge in [0.05, 0.1) is 10.0 Å². The third-order valence-corrected chi connectivity index (χ3v) is 2.99. The van der Waals surface area contributed by atoms with Crippen molar-refractivity contribution in [2.24, 2.45) is 0 Å². The van der Waals surface area contributed by atoms with Crippen LogP contribution in [0, 0.1) is 0 Å². The van der Waals surface area contributed by atoms with Crippen molar-refractivity contribution in [2.45, 2.75) is 12.8 Å². The van der Waals surface area contributed by atoms with Crippen molar-refractivity contribution in [1.29, 1.82) is 0 Å². The molecule has 1 aromatic carbocycles. The van der Waals surface area contributed by atoms with Crippen LogP contribution in [0.2, 0.25) is 10.0 Å². The van der Waals surface area contributed by atoms with Crippen LogP contribution in [0.25, 0.3) is 6.08 Å². The number of benzene rings is 1. The SMILES string of the molecule is O=C(/C=C/c1ccc(Cl)c(Cl)c1)NCCCCO. The number of carbonyl (C=O) groups is 1. The van der Waals surface area contributed by atoms with Crippen molar-refractivity contribution in [3.8, 4) is 0 Å². The minimum Gasteiger partial charge on any atom is -0.396 e. The standard InChI is InChI=1S/C13H15Cl2NO2/c14-11-5-3-10(9-12(11)15)4-6-13(18)16-7-1-2-8-17/h3-6,9,17H,1-2,7-8H2,(H,16,18)/b6-4+. The van der Waals surface area contributed by atoms with Gasteiger partial charge >= 0.3 is 0 Å². The third kappa shape index (κ3) is 5.54. The second-order valence-corrected chi connectivity index (χ2v) is 4.54. The molecule has 3 nitrogen and oxygen atoms in total. The van der Waals surface area contributed by atoms with Crippen molar-refractivity contribution in [1.82, 2.24) is 5.32 Å². The van der Waals surface area contributed by atoms with E-state index in [0.717, 1.165) is 12.0 Å². The number of unbranched alkanes of at least 4 members (excludes halogenated alkanes) is 1. The molecule has 98 valence electrons. The van der Waals surface area contributed by atoms with Gasteiger partial charge in [-0.3, -0.25) is 4.79 Å². The third-order valence-electron chi connectivity index (χ3n) is 2.25. The Balaban J connectivity index is 2.43. The highest BCUT2D eigenvalue weighted by atomic mass is 35.5. The van der Waals surface area contributed by atoms with Crippen LogP contribution in [-0.2, 0) is 4.79 Å². The Morgan fingerprint density at radius 2 is 2.06 bits per heavy atom. The van der Waals surface area contributed by atoms with E-state index in [1.54, 1.807) is 24.3 Å². The first-order chi connectivity index (χ1) is 8.63. The average molecular weight is 288 g/mol. The van der Waals surface area contributed by atoms with Crippen molar-refractivity contribution in [2.75, 3.05) is 13.2 Å². The minimum absolute atomic E-state index is 0.148. The van der Waals surface area contributed by atoms with Gasteiger partial charge in [-0.1, -0.05) is 29.3 Å². The molecule has 0 unspecified atom stereocenters. The lowest BCUT2D eigenvalue weighted by Gasteiger charge is -2.00. The Kier molecular flexibility index (Phi) is 6.80. The van der Waals surface area contributed by atoms with Gasteiger partial charge in [-0.05, 0) is 36.6 Å². The highest BCUT2D eigenvalue weighted by Gasteiger charge is 1.98. The lowest BCUT2D eigenvalue weighted by molar-refractivity contribution is -0.116. The van der Waals surface area contributed by atoms with Gasteiger partial charge in [0.15, 0.2) is 0 Å². The Morgan fingerprint density at radius 3 is 2.72 bits per heavy atom. The molecule has 0 spiro atoms. The fourth-order valence-corrected chi connectivity index (χ4v) is 1.60. The number of hydrogen-bond acceptors (Lipinski definition) is 2. The van der Waals surface area contributed by atoms with Crippen LogP contribution in [0.15, 0.2) is 24.3 Å². The maximum Gasteiger partial charge on any atom is 0.243 e. The van der Waals surface area contributed by atoms with E-state index < -0.39 is 0 Å². The van der Waals surface area contributed by atoms with E-state index >= 15 is 0 Å². The van der Waals surface area contributed by atoms with Gasteiger partial charge in [-0.15, -0.1) is 0 Å². The number of halogens is 2. The van der Waals surface area contributed by atoms with Gasteiger partial charge < -0.3 is 10.4 Å². The fraction of sp³-hybridized carbons (Fsp3) is 0.308. The van der Waals surface area contributed by atoms with Crippen molar-refractivity contribution in [3.05, 3.63) is 39.9 Å². The molecule has 0 saturated carbocycles. The second-order valence-electron chi connectivity index (χ2n) is 3.73. The zero-order chi connectivity index (χ0) is 13.4. The van der Waals surface area contributed by atoms with Gasteiger partial charge in [-0.25, -0.2) is 0 Å². The van der Waals surface area contributed by atoms with Gasteiger partial charge in [0.1, 0.15) is 0 Å². The zero-order valence-electron chi connectivity index (χ0n) is 9.83. The molecule has 1 rings (SSSR count). The summed E-state index contributed by atoms with van der Waals surface area (Å²) in [6, 6.07) is 5.16. The summed E-state index contributed by atoms with van der Waals surface area (Å²) in [6.07, 6.45) is 4.57. The predicted molar refractivity (Wildman–Crippen MR) is 74.8 cm³/mol. The van der Waals surface area contributed by atoms with E-state index in [9.17, 15) is 4.79 Å². The van der Waals surface area contributed by atoms with Crippen molar-refractivity contribution in [3.63, 3.8) is 0 Å². The molecule has 2 N–H and O–H groups in total. The Morgan fingerprint density at radius 1 is 1.28 bits per heavy atom. The van der Waals surface area contributed by atoms with Gasteiger partial charge in [0.25, 0.3) is 0 Å². The van der Waals surface area contributed by atoms with E-state index in [2.05, 4.69) is 5.32 Å². The van der Waals surface area contributed by atoms with E-state index in [1.807, 2.05) is 0 Å². The number of carbonyl (C=O) groups excluding carboxylic acids is 1. The number of amides is 1. The van der Waals surface area contributed by atoms with Crippen LogP contribution in [-0.4, -0.2) is 24.2 Å². The molecule has 0 heterocycles. The van der Waals surface area contributed by atoms with Crippen LogP contribution < -0.4 is 5.32 Å². The van der Waals surface area contributed by atoms with Crippen molar-refractivity contribution >= 4 is 35.2 Å². The first kappa shape index (κ1) is 15.0. The summed E-state index contributed by atoms with van der Waals surface area (Å²) in [5, 5.41) is 12.2. The van der Waals surface area contributed by atoms with E-state index in [0.29, 0.717) is 23.0 Å². The van der Waals surface area contributed by atoms with Gasteiger partial charge in [-0.2, -0.15) is 0 Å². The first-order valence-electron chi connectivity index (χ1n) is 5.65. The smallest absolute Gasteiger partial charge is 0.243 e. The summed E-state index contributed by atoms with van der Waals surface area (Å²) in [5.41, 5.74) is 0.815. The quantitative estimate of drug-likeness (QED) is 0.624. The van der Waals surface area contributed by atoms with E-state index in [1.165, 1.54) is 6.08 Å². The number of nitrogens with one attached hydrogen (secondary N) is 1. The Hall–Kier alpha value is -1.03. The lowest BCUT2D eigenvalue weighted by Crippen LogP contribution is -2.22. The summed E-state index contributed by atoms with van der Waals surface area (Å²) in [6.45, 7) is 0.708. The molecule has 0 aliphatic heterocycles. The summed E-state index contributed by atoms with van der Waals surface area (Å²) >= 11 is 11.6. The van der Waals surface area contributed by atoms with E-state index in [-0.39, 0.29) is 12.5 Å². The number of rotatable bonds is 6. The number of hydrogen-bond donors (Lipinski definition) is 2. The average Bonchev–Trinajstić information content (AvgIpc) is 2.36. The molecule has 0 radical (unpaired) electrons. The summed E-state index contributed by atoms with van der Waals surface area (Å²) in [7, 11) is 0. The topological polar surface area (TPSA) is 49.3 Å². The maximum atomic E-state index is 11.4. The highest BCUT2D eigenvalue weighted by Crippen LogP contribution is 2.22. The van der Waals surface area contributed by atoms with E-state index in [4.69, 9.17) is 28.3 Å². The molecule has 0 atom stereocenters. The molecular formula is C13H15Cl2NO2. The van der Waals surface area contributed by atoms with Crippen LogP contribution in [0.5, 0.6) is 0 Å². The molecule has 1 aromatic rings. The van der Waals surface area contributed by atoms with Crippen LogP contribution in [0.1, 0.15) is 18.4 Å². The minimum atomic E-state index is -0.168. The summed E-state index contributed by atoms with van der Waals surface area (Å²) in [5.74, 6) is -0.168. The number of aliphatic hydroxyl groups is 1. The largest absolute Gasteiger partial charge is 0.396 e. The molecule has 0 fully saturated rings. The maximum absolute atomic E-state index is 11.4.